The van der Waals surface area contributed by atoms with E-state index < -0.39 is 17.7 Å². The van der Waals surface area contributed by atoms with Gasteiger partial charge in [0.1, 0.15) is 5.60 Å². The molecule has 0 aromatic rings. The maximum atomic E-state index is 11.0. The number of esters is 1. The van der Waals surface area contributed by atoms with Crippen LogP contribution in [0.4, 0.5) is 0 Å². The third-order valence-electron chi connectivity index (χ3n) is 1.12. The molecule has 4 nitrogen and oxygen atoms in total. The first kappa shape index (κ1) is 11.4. The molecule has 0 aliphatic heterocycles. The summed E-state index contributed by atoms with van der Waals surface area (Å²) in [6.45, 7) is 5.53. The van der Waals surface area contributed by atoms with Crippen LogP contribution in [0.25, 0.3) is 0 Å². The van der Waals surface area contributed by atoms with Gasteiger partial charge in [0.15, 0.2) is 6.10 Å². The van der Waals surface area contributed by atoms with Gasteiger partial charge in [-0.05, 0) is 33.7 Å². The van der Waals surface area contributed by atoms with Crippen molar-refractivity contribution in [1.82, 2.24) is 0 Å². The number of nitrogens with two attached hydrogens (primary N) is 1. The van der Waals surface area contributed by atoms with Crippen molar-refractivity contribution in [3.8, 4) is 0 Å². The molecule has 0 saturated carbocycles. The Hall–Kier alpha value is -0.610. The minimum atomic E-state index is -1.09. The zero-order valence-corrected chi connectivity index (χ0v) is 7.83. The summed E-state index contributed by atoms with van der Waals surface area (Å²) in [7, 11) is 0. The highest BCUT2D eigenvalue weighted by atomic mass is 16.6. The first-order valence-corrected chi connectivity index (χ1v) is 3.98. The van der Waals surface area contributed by atoms with Crippen molar-refractivity contribution in [2.24, 2.45) is 5.73 Å². The fourth-order valence-corrected chi connectivity index (χ4v) is 0.646. The van der Waals surface area contributed by atoms with Crippen molar-refractivity contribution in [3.63, 3.8) is 0 Å². The second-order valence-corrected chi connectivity index (χ2v) is 3.63. The molecule has 0 bridgehead atoms. The molecule has 0 fully saturated rings. The van der Waals surface area contributed by atoms with Gasteiger partial charge >= 0.3 is 5.97 Å². The van der Waals surface area contributed by atoms with Crippen LogP contribution in [0.3, 0.4) is 0 Å². The zero-order chi connectivity index (χ0) is 9.78. The second kappa shape index (κ2) is 4.42. The van der Waals surface area contributed by atoms with Crippen LogP contribution in [0, 0.1) is 0 Å². The summed E-state index contributed by atoms with van der Waals surface area (Å²) in [5.74, 6) is -0.604. The van der Waals surface area contributed by atoms with Gasteiger partial charge in [0.05, 0.1) is 0 Å². The Morgan fingerprint density at radius 1 is 1.58 bits per heavy atom. The van der Waals surface area contributed by atoms with Gasteiger partial charge in [-0.15, -0.1) is 0 Å². The van der Waals surface area contributed by atoms with E-state index in [9.17, 15) is 4.79 Å². The first-order chi connectivity index (χ1) is 5.37. The number of rotatable bonds is 3. The number of hydrogen-bond donors (Lipinski definition) is 2. The lowest BCUT2D eigenvalue weighted by atomic mass is 10.2. The average Bonchev–Trinajstić information content (AvgIpc) is 1.84. The van der Waals surface area contributed by atoms with Gasteiger partial charge in [0.25, 0.3) is 0 Å². The molecule has 0 aromatic heterocycles. The summed E-state index contributed by atoms with van der Waals surface area (Å²) in [5, 5.41) is 9.13. The Bertz CT molecular complexity index is 151. The highest BCUT2D eigenvalue weighted by Crippen LogP contribution is 2.09. The Balaban J connectivity index is 3.87. The molecule has 12 heavy (non-hydrogen) atoms. The van der Waals surface area contributed by atoms with Crippen LogP contribution in [0.5, 0.6) is 0 Å². The van der Waals surface area contributed by atoms with E-state index in [1.54, 1.807) is 20.8 Å². The van der Waals surface area contributed by atoms with Gasteiger partial charge < -0.3 is 15.6 Å². The van der Waals surface area contributed by atoms with Crippen LogP contribution < -0.4 is 5.73 Å². The summed E-state index contributed by atoms with van der Waals surface area (Å²) >= 11 is 0. The number of aliphatic hydroxyl groups is 1. The van der Waals surface area contributed by atoms with Crippen LogP contribution >= 0.6 is 0 Å². The molecule has 0 amide bonds. The maximum absolute atomic E-state index is 11.0. The van der Waals surface area contributed by atoms with E-state index in [0.717, 1.165) is 0 Å². The lowest BCUT2D eigenvalue weighted by Gasteiger charge is -2.21. The van der Waals surface area contributed by atoms with Crippen molar-refractivity contribution in [2.45, 2.75) is 38.9 Å². The molecule has 0 rings (SSSR count). The van der Waals surface area contributed by atoms with E-state index in [0.29, 0.717) is 0 Å². The molecule has 1 atom stereocenters. The second-order valence-electron chi connectivity index (χ2n) is 3.63. The van der Waals surface area contributed by atoms with Crippen LogP contribution in [-0.4, -0.2) is 29.3 Å². The summed E-state index contributed by atoms with van der Waals surface area (Å²) < 4.78 is 4.91. The number of aliphatic hydroxyl groups excluding tert-OH is 1. The molecule has 72 valence electrons. The van der Waals surface area contributed by atoms with Gasteiger partial charge in [0, 0.05) is 0 Å². The molecule has 0 unspecified atom stereocenters. The summed E-state index contributed by atoms with van der Waals surface area (Å²) in [6, 6.07) is 0. The molecule has 0 aromatic carbocycles. The topological polar surface area (TPSA) is 72.5 Å². The Labute approximate surface area is 72.7 Å². The Kier molecular flexibility index (Phi) is 4.20. The van der Waals surface area contributed by atoms with Gasteiger partial charge in [-0.2, -0.15) is 0 Å². The lowest BCUT2D eigenvalue weighted by Crippen LogP contribution is -2.32. The van der Waals surface area contributed by atoms with Gasteiger partial charge in [-0.3, -0.25) is 0 Å². The van der Waals surface area contributed by atoms with E-state index in [-0.39, 0.29) is 13.0 Å². The Morgan fingerprint density at radius 3 is 2.42 bits per heavy atom. The predicted octanol–water partition coefficient (Wildman–Crippen LogP) is 0.0378. The number of hydrogen-bond acceptors (Lipinski definition) is 4. The van der Waals surface area contributed by atoms with Crippen molar-refractivity contribution < 1.29 is 14.6 Å². The summed E-state index contributed by atoms with van der Waals surface area (Å²) in [4.78, 5) is 11.0. The van der Waals surface area contributed by atoms with Gasteiger partial charge in [-0.25, -0.2) is 4.79 Å². The minimum Gasteiger partial charge on any atom is -0.458 e. The molecular weight excluding hydrogens is 158 g/mol. The largest absolute Gasteiger partial charge is 0.458 e. The van der Waals surface area contributed by atoms with E-state index >= 15 is 0 Å². The van der Waals surface area contributed by atoms with Gasteiger partial charge in [0.2, 0.25) is 0 Å². The molecule has 0 aliphatic rings. The number of carbonyl (C=O) groups excluding carboxylic acids is 1. The smallest absolute Gasteiger partial charge is 0.335 e. The lowest BCUT2D eigenvalue weighted by molar-refractivity contribution is -0.165. The van der Waals surface area contributed by atoms with Crippen molar-refractivity contribution >= 4 is 5.97 Å². The third kappa shape index (κ3) is 5.09. The fourth-order valence-electron chi connectivity index (χ4n) is 0.646. The van der Waals surface area contributed by atoms with Crippen LogP contribution in [-0.2, 0) is 9.53 Å². The normalized spacial score (nSPS) is 14.1. The summed E-state index contributed by atoms with van der Waals surface area (Å²) in [5.41, 5.74) is 4.61. The average molecular weight is 175 g/mol. The molecule has 3 N–H and O–H groups in total. The van der Waals surface area contributed by atoms with Crippen LogP contribution in [0.15, 0.2) is 0 Å². The van der Waals surface area contributed by atoms with E-state index in [1.807, 2.05) is 0 Å². The molecule has 0 radical (unpaired) electrons. The summed E-state index contributed by atoms with van der Waals surface area (Å²) in [6.07, 6.45) is -0.844. The Morgan fingerprint density at radius 2 is 2.08 bits per heavy atom. The molecule has 0 saturated heterocycles. The van der Waals surface area contributed by atoms with Crippen LogP contribution in [0.2, 0.25) is 0 Å². The third-order valence-corrected chi connectivity index (χ3v) is 1.12. The van der Waals surface area contributed by atoms with E-state index in [1.165, 1.54) is 0 Å². The minimum absolute atomic E-state index is 0.245. The molecule has 0 spiro atoms. The van der Waals surface area contributed by atoms with Crippen molar-refractivity contribution in [2.75, 3.05) is 6.54 Å². The molecular formula is C8H17NO3. The van der Waals surface area contributed by atoms with E-state index in [4.69, 9.17) is 15.6 Å². The maximum Gasteiger partial charge on any atom is 0.335 e. The standard InChI is InChI=1S/C8H17NO3/c1-8(2,3)12-7(11)6(10)4-5-9/h6,10H,4-5,9H2,1-3H3/t6-/m1/s1. The quantitative estimate of drug-likeness (QED) is 0.594. The zero-order valence-electron chi connectivity index (χ0n) is 7.83. The van der Waals surface area contributed by atoms with Crippen LogP contribution in [0.1, 0.15) is 27.2 Å². The molecule has 0 heterocycles. The van der Waals surface area contributed by atoms with Gasteiger partial charge in [-0.1, -0.05) is 0 Å². The molecule has 0 aliphatic carbocycles. The molecule has 4 heteroatoms. The van der Waals surface area contributed by atoms with Crippen molar-refractivity contribution in [1.29, 1.82) is 0 Å². The number of ether oxygens (including phenoxy) is 1. The predicted molar refractivity (Wildman–Crippen MR) is 45.5 cm³/mol. The monoisotopic (exact) mass is 175 g/mol. The SMILES string of the molecule is CC(C)(C)OC(=O)[C@H](O)CCN. The number of carbonyl (C=O) groups is 1. The fraction of sp³-hybridized carbons (Fsp3) is 0.875. The highest BCUT2D eigenvalue weighted by molar-refractivity contribution is 5.74. The highest BCUT2D eigenvalue weighted by Gasteiger charge is 2.22. The first-order valence-electron chi connectivity index (χ1n) is 3.98. The van der Waals surface area contributed by atoms with Crippen molar-refractivity contribution in [3.05, 3.63) is 0 Å². The van der Waals surface area contributed by atoms with E-state index in [2.05, 4.69) is 0 Å².